The topological polar surface area (TPSA) is 12.4 Å². The molecule has 0 fully saturated rings. The molecule has 0 bridgehead atoms. The molecule has 0 spiro atoms. The summed E-state index contributed by atoms with van der Waals surface area (Å²) < 4.78 is 0. The Bertz CT molecular complexity index is 152. The monoisotopic (exact) mass is 141 g/mol. The minimum absolute atomic E-state index is 0.699. The Balaban J connectivity index is 4.05. The molecule has 0 saturated heterocycles. The SMILES string of the molecule is C=C/C=C(/S)N=C(C)C. The summed E-state index contributed by atoms with van der Waals surface area (Å²) in [5.41, 5.74) is 0.998. The minimum atomic E-state index is 0.699. The van der Waals surface area contributed by atoms with Crippen LogP contribution >= 0.6 is 12.6 Å². The quantitative estimate of drug-likeness (QED) is 0.344. The molecule has 50 valence electrons. The predicted octanol–water partition coefficient (Wildman–Crippen LogP) is 2.42. The number of hydrogen-bond donors (Lipinski definition) is 1. The van der Waals surface area contributed by atoms with Gasteiger partial charge in [0.25, 0.3) is 0 Å². The molecule has 0 aliphatic rings. The second kappa shape index (κ2) is 4.39. The molecule has 0 aliphatic heterocycles. The number of nitrogens with zero attached hydrogens (tertiary/aromatic N) is 1. The third kappa shape index (κ3) is 5.37. The highest BCUT2D eigenvalue weighted by molar-refractivity contribution is 7.84. The van der Waals surface area contributed by atoms with Gasteiger partial charge in [0, 0.05) is 5.71 Å². The van der Waals surface area contributed by atoms with Crippen LogP contribution in [-0.2, 0) is 0 Å². The van der Waals surface area contributed by atoms with E-state index >= 15 is 0 Å². The van der Waals surface area contributed by atoms with Gasteiger partial charge in [-0.15, -0.1) is 12.6 Å². The van der Waals surface area contributed by atoms with Crippen molar-refractivity contribution in [2.24, 2.45) is 4.99 Å². The van der Waals surface area contributed by atoms with E-state index in [1.54, 1.807) is 12.2 Å². The van der Waals surface area contributed by atoms with E-state index in [1.165, 1.54) is 0 Å². The van der Waals surface area contributed by atoms with Crippen LogP contribution < -0.4 is 0 Å². The lowest BCUT2D eigenvalue weighted by atomic mass is 10.5. The predicted molar refractivity (Wildman–Crippen MR) is 46.0 cm³/mol. The summed E-state index contributed by atoms with van der Waals surface area (Å²) in [5.74, 6) is 0. The van der Waals surface area contributed by atoms with E-state index < -0.39 is 0 Å². The van der Waals surface area contributed by atoms with Crippen LogP contribution in [0.1, 0.15) is 13.8 Å². The molecule has 0 radical (unpaired) electrons. The summed E-state index contributed by atoms with van der Waals surface area (Å²) >= 11 is 4.05. The van der Waals surface area contributed by atoms with Crippen molar-refractivity contribution in [2.75, 3.05) is 0 Å². The first-order valence-electron chi connectivity index (χ1n) is 2.70. The number of thiol groups is 1. The van der Waals surface area contributed by atoms with Crippen LogP contribution in [0.4, 0.5) is 0 Å². The molecule has 0 heterocycles. The van der Waals surface area contributed by atoms with E-state index in [-0.39, 0.29) is 0 Å². The maximum Gasteiger partial charge on any atom is 0.0928 e. The lowest BCUT2D eigenvalue weighted by Gasteiger charge is -1.88. The molecule has 0 atom stereocenters. The van der Waals surface area contributed by atoms with Gasteiger partial charge in [-0.05, 0) is 19.9 Å². The van der Waals surface area contributed by atoms with Crippen molar-refractivity contribution in [3.05, 3.63) is 23.8 Å². The van der Waals surface area contributed by atoms with Crippen molar-refractivity contribution in [3.8, 4) is 0 Å². The fourth-order valence-corrected chi connectivity index (χ4v) is 0.677. The Kier molecular flexibility index (Phi) is 4.14. The van der Waals surface area contributed by atoms with Crippen molar-refractivity contribution in [3.63, 3.8) is 0 Å². The highest BCUT2D eigenvalue weighted by atomic mass is 32.1. The van der Waals surface area contributed by atoms with Gasteiger partial charge in [-0.1, -0.05) is 12.7 Å². The number of hydrogen-bond acceptors (Lipinski definition) is 2. The Morgan fingerprint density at radius 2 is 2.11 bits per heavy atom. The van der Waals surface area contributed by atoms with E-state index in [0.717, 1.165) is 5.71 Å². The summed E-state index contributed by atoms with van der Waals surface area (Å²) in [7, 11) is 0. The van der Waals surface area contributed by atoms with Gasteiger partial charge in [0.2, 0.25) is 0 Å². The second-order valence-electron chi connectivity index (χ2n) is 1.82. The van der Waals surface area contributed by atoms with Gasteiger partial charge in [0.15, 0.2) is 0 Å². The van der Waals surface area contributed by atoms with Crippen LogP contribution in [0.5, 0.6) is 0 Å². The molecule has 1 nitrogen and oxygen atoms in total. The summed E-state index contributed by atoms with van der Waals surface area (Å²) in [6, 6.07) is 0. The molecular formula is C7H11NS. The fourth-order valence-electron chi connectivity index (χ4n) is 0.372. The third-order valence-corrected chi connectivity index (χ3v) is 0.854. The Morgan fingerprint density at radius 3 is 2.44 bits per heavy atom. The van der Waals surface area contributed by atoms with E-state index in [2.05, 4.69) is 24.2 Å². The van der Waals surface area contributed by atoms with E-state index in [0.29, 0.717) is 5.03 Å². The molecule has 0 rings (SSSR count). The molecule has 0 amide bonds. The Labute approximate surface area is 61.6 Å². The van der Waals surface area contributed by atoms with Crippen molar-refractivity contribution in [1.82, 2.24) is 0 Å². The summed E-state index contributed by atoms with van der Waals surface area (Å²) in [4.78, 5) is 4.04. The van der Waals surface area contributed by atoms with Crippen molar-refractivity contribution < 1.29 is 0 Å². The summed E-state index contributed by atoms with van der Waals surface area (Å²) in [6.45, 7) is 7.36. The number of rotatable bonds is 2. The first-order valence-corrected chi connectivity index (χ1v) is 3.15. The van der Waals surface area contributed by atoms with Crippen molar-refractivity contribution >= 4 is 18.3 Å². The first kappa shape index (κ1) is 8.50. The highest BCUT2D eigenvalue weighted by Gasteiger charge is 1.80. The van der Waals surface area contributed by atoms with E-state index in [4.69, 9.17) is 0 Å². The molecule has 0 aliphatic carbocycles. The lowest BCUT2D eigenvalue weighted by Crippen LogP contribution is -1.78. The second-order valence-corrected chi connectivity index (χ2v) is 2.28. The van der Waals surface area contributed by atoms with E-state index in [9.17, 15) is 0 Å². The summed E-state index contributed by atoms with van der Waals surface area (Å²) in [6.07, 6.45) is 3.41. The average Bonchev–Trinajstić information content (AvgIpc) is 1.63. The van der Waals surface area contributed by atoms with Gasteiger partial charge in [-0.3, -0.25) is 4.99 Å². The van der Waals surface area contributed by atoms with Crippen LogP contribution in [0.3, 0.4) is 0 Å². The van der Waals surface area contributed by atoms with Gasteiger partial charge < -0.3 is 0 Å². The molecule has 0 aromatic heterocycles. The van der Waals surface area contributed by atoms with Gasteiger partial charge in [0.1, 0.15) is 0 Å². The molecule has 2 heteroatoms. The molecule has 0 aromatic carbocycles. The number of allylic oxidation sites excluding steroid dienone is 2. The zero-order chi connectivity index (χ0) is 7.28. The number of aliphatic imine (C=N–C) groups is 1. The molecule has 0 saturated carbocycles. The summed E-state index contributed by atoms with van der Waals surface area (Å²) in [5, 5.41) is 0.699. The van der Waals surface area contributed by atoms with Gasteiger partial charge in [-0.25, -0.2) is 0 Å². The maximum atomic E-state index is 4.05. The largest absolute Gasteiger partial charge is 0.252 e. The van der Waals surface area contributed by atoms with E-state index in [1.807, 2.05) is 13.8 Å². The van der Waals surface area contributed by atoms with Crippen LogP contribution in [0.25, 0.3) is 0 Å². The van der Waals surface area contributed by atoms with Crippen LogP contribution in [0.2, 0.25) is 0 Å². The lowest BCUT2D eigenvalue weighted by molar-refractivity contribution is 1.47. The standard InChI is InChI=1S/C7H11NS/c1-4-5-7(9)8-6(2)3/h4-5,9H,1H2,2-3H3/b7-5+. The highest BCUT2D eigenvalue weighted by Crippen LogP contribution is 2.01. The third-order valence-electron chi connectivity index (χ3n) is 0.605. The molecule has 9 heavy (non-hydrogen) atoms. The first-order chi connectivity index (χ1) is 4.16. The average molecular weight is 141 g/mol. The normalized spacial score (nSPS) is 10.8. The van der Waals surface area contributed by atoms with Crippen LogP contribution in [-0.4, -0.2) is 5.71 Å². The van der Waals surface area contributed by atoms with Crippen molar-refractivity contribution in [1.29, 1.82) is 0 Å². The zero-order valence-corrected chi connectivity index (χ0v) is 6.65. The molecular weight excluding hydrogens is 130 g/mol. The van der Waals surface area contributed by atoms with Gasteiger partial charge in [-0.2, -0.15) is 0 Å². The van der Waals surface area contributed by atoms with Gasteiger partial charge in [0.05, 0.1) is 5.03 Å². The van der Waals surface area contributed by atoms with Crippen molar-refractivity contribution in [2.45, 2.75) is 13.8 Å². The maximum absolute atomic E-state index is 4.05. The van der Waals surface area contributed by atoms with Crippen LogP contribution in [0.15, 0.2) is 28.8 Å². The molecule has 0 aromatic rings. The Hall–Kier alpha value is -0.500. The smallest absolute Gasteiger partial charge is 0.0928 e. The van der Waals surface area contributed by atoms with Gasteiger partial charge >= 0.3 is 0 Å². The molecule has 0 N–H and O–H groups in total. The zero-order valence-electron chi connectivity index (χ0n) is 5.76. The van der Waals surface area contributed by atoms with Crippen LogP contribution in [0, 0.1) is 0 Å². The Morgan fingerprint density at radius 1 is 1.56 bits per heavy atom. The minimum Gasteiger partial charge on any atom is -0.252 e. The fraction of sp³-hybridized carbons (Fsp3) is 0.286. The molecule has 0 unspecified atom stereocenters.